The Morgan fingerprint density at radius 2 is 1.96 bits per heavy atom. The summed E-state index contributed by atoms with van der Waals surface area (Å²) in [7, 11) is 0. The highest BCUT2D eigenvalue weighted by molar-refractivity contribution is 5.95. The summed E-state index contributed by atoms with van der Waals surface area (Å²) in [5.74, 6) is -1.02. The second-order valence-corrected chi connectivity index (χ2v) is 4.95. The van der Waals surface area contributed by atoms with E-state index >= 15 is 0 Å². The van der Waals surface area contributed by atoms with Gasteiger partial charge in [0, 0.05) is 11.9 Å². The maximum absolute atomic E-state index is 12.3. The first-order valence-electron chi connectivity index (χ1n) is 6.90. The van der Waals surface area contributed by atoms with E-state index in [1.165, 1.54) is 4.52 Å². The molecular formula is C15H14N6O2. The summed E-state index contributed by atoms with van der Waals surface area (Å²) in [4.78, 5) is 32.1. The fraction of sp³-hybridized carbons (Fsp3) is 0.133. The maximum atomic E-state index is 12.3. The number of carbonyl (C=O) groups excluding carboxylic acids is 2. The predicted molar refractivity (Wildman–Crippen MR) is 81.4 cm³/mol. The fourth-order valence-corrected chi connectivity index (χ4v) is 2.16. The minimum absolute atomic E-state index is 0.0750. The zero-order valence-corrected chi connectivity index (χ0v) is 12.3. The Morgan fingerprint density at radius 1 is 1.22 bits per heavy atom. The lowest BCUT2D eigenvalue weighted by Gasteiger charge is -2.14. The van der Waals surface area contributed by atoms with Gasteiger partial charge in [0.1, 0.15) is 6.04 Å². The van der Waals surface area contributed by atoms with Gasteiger partial charge in [-0.25, -0.2) is 9.50 Å². The molecule has 3 aromatic rings. The standard InChI is InChI=1S/C15H14N6O2/c1-9-7-8-17-15-19-13(20-21(9)15)14(23)18-11(12(16)22)10-5-3-2-4-6-10/h2-8,11H,1H3,(H2,16,22)(H,18,23). The Balaban J connectivity index is 1.89. The van der Waals surface area contributed by atoms with E-state index in [4.69, 9.17) is 5.73 Å². The van der Waals surface area contributed by atoms with E-state index in [-0.39, 0.29) is 5.82 Å². The topological polar surface area (TPSA) is 115 Å². The van der Waals surface area contributed by atoms with E-state index in [0.29, 0.717) is 11.3 Å². The number of primary amides is 1. The number of carbonyl (C=O) groups is 2. The molecular weight excluding hydrogens is 296 g/mol. The van der Waals surface area contributed by atoms with Crippen molar-refractivity contribution in [3.63, 3.8) is 0 Å². The molecule has 0 bridgehead atoms. The molecule has 0 aliphatic rings. The number of rotatable bonds is 4. The van der Waals surface area contributed by atoms with Crippen molar-refractivity contribution in [3.8, 4) is 0 Å². The molecule has 23 heavy (non-hydrogen) atoms. The van der Waals surface area contributed by atoms with Crippen molar-refractivity contribution >= 4 is 17.6 Å². The Morgan fingerprint density at radius 3 is 2.61 bits per heavy atom. The number of aryl methyl sites for hydroxylation is 1. The number of amides is 2. The molecule has 8 heteroatoms. The van der Waals surface area contributed by atoms with Crippen LogP contribution in [0.2, 0.25) is 0 Å². The fourth-order valence-electron chi connectivity index (χ4n) is 2.16. The van der Waals surface area contributed by atoms with Crippen LogP contribution in [0.15, 0.2) is 42.6 Å². The van der Waals surface area contributed by atoms with Gasteiger partial charge in [-0.2, -0.15) is 4.98 Å². The van der Waals surface area contributed by atoms with Crippen molar-refractivity contribution in [2.24, 2.45) is 5.73 Å². The predicted octanol–water partition coefficient (Wildman–Crippen LogP) is 0.389. The van der Waals surface area contributed by atoms with Gasteiger partial charge >= 0.3 is 0 Å². The van der Waals surface area contributed by atoms with Crippen molar-refractivity contribution in [2.45, 2.75) is 13.0 Å². The van der Waals surface area contributed by atoms with Crippen LogP contribution in [0, 0.1) is 6.92 Å². The SMILES string of the molecule is Cc1ccnc2nc(C(=O)NC(C(N)=O)c3ccccc3)nn12. The van der Waals surface area contributed by atoms with Gasteiger partial charge in [-0.05, 0) is 18.6 Å². The summed E-state index contributed by atoms with van der Waals surface area (Å²) in [6, 6.07) is 9.53. The summed E-state index contributed by atoms with van der Waals surface area (Å²) in [5, 5.41) is 6.65. The van der Waals surface area contributed by atoms with Gasteiger partial charge in [0.25, 0.3) is 11.7 Å². The maximum Gasteiger partial charge on any atom is 0.291 e. The Hall–Kier alpha value is -3.29. The average Bonchev–Trinajstić information content (AvgIpc) is 2.99. The number of nitrogens with zero attached hydrogens (tertiary/aromatic N) is 4. The molecule has 1 unspecified atom stereocenters. The summed E-state index contributed by atoms with van der Waals surface area (Å²) in [6.07, 6.45) is 1.58. The highest BCUT2D eigenvalue weighted by Gasteiger charge is 2.23. The van der Waals surface area contributed by atoms with Crippen molar-refractivity contribution in [1.29, 1.82) is 0 Å². The molecule has 2 heterocycles. The number of hydrogen-bond acceptors (Lipinski definition) is 5. The van der Waals surface area contributed by atoms with Crippen LogP contribution in [0.4, 0.5) is 0 Å². The lowest BCUT2D eigenvalue weighted by atomic mass is 10.1. The molecule has 8 nitrogen and oxygen atoms in total. The lowest BCUT2D eigenvalue weighted by Crippen LogP contribution is -2.38. The molecule has 2 aromatic heterocycles. The number of nitrogens with one attached hydrogen (secondary N) is 1. The Kier molecular flexibility index (Phi) is 3.71. The number of hydrogen-bond donors (Lipinski definition) is 2. The quantitative estimate of drug-likeness (QED) is 0.723. The molecule has 0 radical (unpaired) electrons. The molecule has 0 saturated heterocycles. The third-order valence-electron chi connectivity index (χ3n) is 3.33. The summed E-state index contributed by atoms with van der Waals surface area (Å²) >= 11 is 0. The van der Waals surface area contributed by atoms with Crippen LogP contribution in [0.5, 0.6) is 0 Å². The smallest absolute Gasteiger partial charge is 0.291 e. The summed E-state index contributed by atoms with van der Waals surface area (Å²) < 4.78 is 1.46. The van der Waals surface area contributed by atoms with E-state index in [1.54, 1.807) is 36.5 Å². The summed E-state index contributed by atoms with van der Waals surface area (Å²) in [5.41, 5.74) is 6.76. The van der Waals surface area contributed by atoms with E-state index in [0.717, 1.165) is 5.69 Å². The van der Waals surface area contributed by atoms with Gasteiger partial charge in [0.2, 0.25) is 11.7 Å². The number of fused-ring (bicyclic) bond motifs is 1. The molecule has 1 aromatic carbocycles. The Bertz CT molecular complexity index is 874. The van der Waals surface area contributed by atoms with Crippen LogP contribution in [-0.4, -0.2) is 31.4 Å². The third-order valence-corrected chi connectivity index (χ3v) is 3.33. The second-order valence-electron chi connectivity index (χ2n) is 4.95. The zero-order chi connectivity index (χ0) is 16.4. The van der Waals surface area contributed by atoms with Crippen LogP contribution in [0.25, 0.3) is 5.78 Å². The largest absolute Gasteiger partial charge is 0.368 e. The van der Waals surface area contributed by atoms with Crippen molar-refractivity contribution < 1.29 is 9.59 Å². The molecule has 0 fully saturated rings. The van der Waals surface area contributed by atoms with Crippen molar-refractivity contribution in [3.05, 3.63) is 59.7 Å². The normalized spacial score (nSPS) is 12.0. The van der Waals surface area contributed by atoms with Crippen LogP contribution in [0.3, 0.4) is 0 Å². The van der Waals surface area contributed by atoms with Gasteiger partial charge in [-0.1, -0.05) is 30.3 Å². The third kappa shape index (κ3) is 2.86. The van der Waals surface area contributed by atoms with Crippen LogP contribution < -0.4 is 11.1 Å². The van der Waals surface area contributed by atoms with E-state index < -0.39 is 17.9 Å². The first kappa shape index (κ1) is 14.6. The molecule has 0 aliphatic heterocycles. The van der Waals surface area contributed by atoms with Gasteiger partial charge in [-0.15, -0.1) is 5.10 Å². The monoisotopic (exact) mass is 310 g/mol. The first-order valence-corrected chi connectivity index (χ1v) is 6.90. The molecule has 0 spiro atoms. The van der Waals surface area contributed by atoms with E-state index in [9.17, 15) is 9.59 Å². The van der Waals surface area contributed by atoms with Crippen molar-refractivity contribution in [2.75, 3.05) is 0 Å². The molecule has 0 aliphatic carbocycles. The lowest BCUT2D eigenvalue weighted by molar-refractivity contribution is -0.120. The van der Waals surface area contributed by atoms with Gasteiger partial charge in [-0.3, -0.25) is 9.59 Å². The zero-order valence-electron chi connectivity index (χ0n) is 12.3. The number of nitrogens with two attached hydrogens (primary N) is 1. The van der Waals surface area contributed by atoms with Crippen LogP contribution in [-0.2, 0) is 4.79 Å². The average molecular weight is 310 g/mol. The Labute approximate surface area is 131 Å². The van der Waals surface area contributed by atoms with E-state index in [1.807, 2.05) is 13.0 Å². The van der Waals surface area contributed by atoms with Gasteiger partial charge in [0.05, 0.1) is 0 Å². The van der Waals surface area contributed by atoms with Crippen LogP contribution in [0.1, 0.15) is 27.9 Å². The first-order chi connectivity index (χ1) is 11.1. The van der Waals surface area contributed by atoms with Gasteiger partial charge < -0.3 is 11.1 Å². The minimum Gasteiger partial charge on any atom is -0.368 e. The van der Waals surface area contributed by atoms with Crippen molar-refractivity contribution in [1.82, 2.24) is 24.9 Å². The second kappa shape index (κ2) is 5.84. The highest BCUT2D eigenvalue weighted by Crippen LogP contribution is 2.12. The molecule has 2 amide bonds. The minimum atomic E-state index is -0.954. The van der Waals surface area contributed by atoms with Gasteiger partial charge in [0.15, 0.2) is 0 Å². The number of aromatic nitrogens is 4. The molecule has 1 atom stereocenters. The molecule has 0 saturated carbocycles. The van der Waals surface area contributed by atoms with E-state index in [2.05, 4.69) is 20.4 Å². The van der Waals surface area contributed by atoms with Crippen LogP contribution >= 0.6 is 0 Å². The molecule has 3 rings (SSSR count). The molecule has 116 valence electrons. The summed E-state index contributed by atoms with van der Waals surface area (Å²) in [6.45, 7) is 1.82. The molecule has 3 N–H and O–H groups in total. The highest BCUT2D eigenvalue weighted by atomic mass is 16.2. The number of benzene rings is 1.